The predicted molar refractivity (Wildman–Crippen MR) is 208 cm³/mol. The van der Waals surface area contributed by atoms with Gasteiger partial charge in [0.15, 0.2) is 23.9 Å². The fourth-order valence-corrected chi connectivity index (χ4v) is 7.03. The maximum absolute atomic E-state index is 12.1. The molecule has 4 aromatic rings. The zero-order chi connectivity index (χ0) is 38.2. The van der Waals surface area contributed by atoms with Crippen molar-refractivity contribution < 1.29 is 33.3 Å². The lowest BCUT2D eigenvalue weighted by Gasteiger charge is -2.29. The Labute approximate surface area is 324 Å². The summed E-state index contributed by atoms with van der Waals surface area (Å²) in [6, 6.07) is 15.3. The Bertz CT molecular complexity index is 1640. The molecule has 2 aromatic heterocycles. The fraction of sp³-hybridized carbons (Fsp3) is 0.500. The maximum Gasteiger partial charge on any atom is 0.508 e. The van der Waals surface area contributed by atoms with E-state index in [1.165, 1.54) is 64.2 Å². The number of rotatable bonds is 22. The lowest BCUT2D eigenvalue weighted by molar-refractivity contribution is -0.108. The van der Waals surface area contributed by atoms with Crippen molar-refractivity contribution >= 4 is 12.3 Å². The second-order valence-corrected chi connectivity index (χ2v) is 14.5. The normalized spacial score (nSPS) is 17.6. The number of unbranched alkanes of at least 4 members (excludes halogenated alkanes) is 10. The van der Waals surface area contributed by atoms with E-state index in [-0.39, 0.29) is 13.2 Å². The molecule has 0 radical (unpaired) electrons. The smallest absolute Gasteiger partial charge is 0.430 e. The SMILES string of the molecule is CCCCCCCCc1cnc(-c2ccc([C@H](O[C@@H](c3ccc(-c4ncc(CCCCCCCC)cn4)cc3)C3COC(=O)O3)C3COC(=O)O3)cc2)nc1. The summed E-state index contributed by atoms with van der Waals surface area (Å²) in [5.41, 5.74) is 5.44. The van der Waals surface area contributed by atoms with Crippen LogP contribution in [0.4, 0.5) is 9.59 Å². The minimum atomic E-state index is -0.765. The van der Waals surface area contributed by atoms with Crippen molar-refractivity contribution in [2.24, 2.45) is 0 Å². The molecule has 11 heteroatoms. The molecule has 2 saturated heterocycles. The number of benzene rings is 2. The summed E-state index contributed by atoms with van der Waals surface area (Å²) < 4.78 is 28.2. The summed E-state index contributed by atoms with van der Waals surface area (Å²) >= 11 is 0. The van der Waals surface area contributed by atoms with Crippen LogP contribution in [0, 0.1) is 0 Å². The van der Waals surface area contributed by atoms with Gasteiger partial charge >= 0.3 is 12.3 Å². The van der Waals surface area contributed by atoms with Crippen LogP contribution < -0.4 is 0 Å². The van der Waals surface area contributed by atoms with E-state index in [0.717, 1.165) is 59.1 Å². The van der Waals surface area contributed by atoms with Crippen molar-refractivity contribution in [3.63, 3.8) is 0 Å². The quantitative estimate of drug-likeness (QED) is 0.0561. The van der Waals surface area contributed by atoms with E-state index >= 15 is 0 Å². The summed E-state index contributed by atoms with van der Waals surface area (Å²) in [6.45, 7) is 4.48. The molecule has 2 aliphatic heterocycles. The van der Waals surface area contributed by atoms with E-state index < -0.39 is 36.7 Å². The van der Waals surface area contributed by atoms with Gasteiger partial charge in [-0.1, -0.05) is 127 Å². The van der Waals surface area contributed by atoms with E-state index in [0.29, 0.717) is 11.6 Å². The van der Waals surface area contributed by atoms with Crippen LogP contribution in [0.3, 0.4) is 0 Å². The van der Waals surface area contributed by atoms with Crippen molar-refractivity contribution in [1.29, 1.82) is 0 Å². The number of aromatic nitrogens is 4. The van der Waals surface area contributed by atoms with Gasteiger partial charge in [-0.25, -0.2) is 29.5 Å². The van der Waals surface area contributed by atoms with Crippen molar-refractivity contribution in [3.05, 3.63) is 95.6 Å². The monoisotopic (exact) mass is 750 g/mol. The number of carbonyl (C=O) groups excluding carboxylic acids is 2. The highest BCUT2D eigenvalue weighted by atomic mass is 16.8. The Kier molecular flexibility index (Phi) is 15.0. The summed E-state index contributed by atoms with van der Waals surface area (Å²) in [4.78, 5) is 42.8. The molecule has 0 N–H and O–H groups in total. The van der Waals surface area contributed by atoms with Gasteiger partial charge < -0.3 is 23.7 Å². The molecule has 4 atom stereocenters. The average Bonchev–Trinajstić information content (AvgIpc) is 3.86. The van der Waals surface area contributed by atoms with Gasteiger partial charge in [0.25, 0.3) is 0 Å². The highest BCUT2D eigenvalue weighted by Gasteiger charge is 2.41. The van der Waals surface area contributed by atoms with Gasteiger partial charge in [-0.2, -0.15) is 0 Å². The lowest BCUT2D eigenvalue weighted by atomic mass is 9.99. The minimum Gasteiger partial charge on any atom is -0.430 e. The van der Waals surface area contributed by atoms with Crippen molar-refractivity contribution in [2.45, 2.75) is 128 Å². The molecule has 0 spiro atoms. The molecule has 292 valence electrons. The largest absolute Gasteiger partial charge is 0.508 e. The molecular weight excluding hydrogens is 697 g/mol. The number of hydrogen-bond acceptors (Lipinski definition) is 11. The van der Waals surface area contributed by atoms with Gasteiger partial charge in [-0.15, -0.1) is 0 Å². The predicted octanol–water partition coefficient (Wildman–Crippen LogP) is 10.3. The second-order valence-electron chi connectivity index (χ2n) is 14.5. The zero-order valence-electron chi connectivity index (χ0n) is 32.2. The highest BCUT2D eigenvalue weighted by molar-refractivity contribution is 5.63. The Morgan fingerprint density at radius 2 is 0.909 bits per heavy atom. The first-order valence-corrected chi connectivity index (χ1v) is 20.2. The number of hydrogen-bond donors (Lipinski definition) is 0. The molecule has 2 unspecified atom stereocenters. The topological polar surface area (TPSA) is 132 Å². The number of ether oxygens (including phenoxy) is 5. The first-order valence-electron chi connectivity index (χ1n) is 20.2. The molecule has 0 bridgehead atoms. The highest BCUT2D eigenvalue weighted by Crippen LogP contribution is 2.38. The van der Waals surface area contributed by atoms with E-state index in [9.17, 15) is 9.59 Å². The molecule has 0 saturated carbocycles. The van der Waals surface area contributed by atoms with Crippen molar-refractivity contribution in [2.75, 3.05) is 13.2 Å². The van der Waals surface area contributed by atoms with Gasteiger partial charge in [-0.3, -0.25) is 0 Å². The summed E-state index contributed by atoms with van der Waals surface area (Å²) in [6.07, 6.45) is 20.0. The first kappa shape index (κ1) is 39.8. The third kappa shape index (κ3) is 11.6. The third-order valence-electron chi connectivity index (χ3n) is 10.2. The summed E-state index contributed by atoms with van der Waals surface area (Å²) in [5.74, 6) is 1.24. The zero-order valence-corrected chi connectivity index (χ0v) is 32.2. The van der Waals surface area contributed by atoms with Gasteiger partial charge in [0.05, 0.1) is 0 Å². The van der Waals surface area contributed by atoms with Gasteiger partial charge in [0, 0.05) is 35.9 Å². The lowest BCUT2D eigenvalue weighted by Crippen LogP contribution is -2.31. The maximum atomic E-state index is 12.1. The molecule has 6 rings (SSSR count). The van der Waals surface area contributed by atoms with Crippen LogP contribution in [0.25, 0.3) is 22.8 Å². The standard InChI is InChI=1S/C44H54N4O7/c1-3-5-7-9-11-13-15-31-25-45-41(46-26-31)35-21-17-33(18-22-35)39(37-29-51-43(49)53-37)55-40(38-30-52-44(50)54-38)34-19-23-36(24-20-34)42-47-27-32(28-48-42)16-14-12-10-8-6-4-2/h17-28,37-40H,3-16,29-30H2,1-2H3/t37?,38?,39-,40-/m0/s1. The number of aryl methyl sites for hydroxylation is 2. The Balaban J connectivity index is 1.14. The molecule has 55 heavy (non-hydrogen) atoms. The molecular formula is C44H54N4O7. The van der Waals surface area contributed by atoms with E-state index in [4.69, 9.17) is 23.7 Å². The first-order chi connectivity index (χ1) is 27.0. The average molecular weight is 751 g/mol. The number of cyclic esters (lactones) is 4. The molecule has 2 fully saturated rings. The Hall–Kier alpha value is -4.90. The van der Waals surface area contributed by atoms with E-state index in [2.05, 4.69) is 33.8 Å². The Morgan fingerprint density at radius 1 is 0.545 bits per heavy atom. The van der Waals surface area contributed by atoms with Crippen LogP contribution in [0.5, 0.6) is 0 Å². The van der Waals surface area contributed by atoms with Crippen LogP contribution in [0.15, 0.2) is 73.3 Å². The van der Waals surface area contributed by atoms with Crippen LogP contribution in [0.2, 0.25) is 0 Å². The summed E-state index contributed by atoms with van der Waals surface area (Å²) in [7, 11) is 0. The van der Waals surface area contributed by atoms with Crippen LogP contribution in [-0.4, -0.2) is 57.7 Å². The molecule has 2 aliphatic rings. The fourth-order valence-electron chi connectivity index (χ4n) is 7.03. The van der Waals surface area contributed by atoms with E-state index in [1.807, 2.05) is 73.3 Å². The Morgan fingerprint density at radius 3 is 1.25 bits per heavy atom. The number of carbonyl (C=O) groups is 2. The van der Waals surface area contributed by atoms with Crippen LogP contribution in [-0.2, 0) is 36.5 Å². The van der Waals surface area contributed by atoms with Crippen LogP contribution in [0.1, 0.15) is 125 Å². The van der Waals surface area contributed by atoms with Crippen molar-refractivity contribution in [1.82, 2.24) is 19.9 Å². The van der Waals surface area contributed by atoms with Gasteiger partial charge in [0.1, 0.15) is 25.4 Å². The molecule has 0 amide bonds. The van der Waals surface area contributed by atoms with E-state index in [1.54, 1.807) is 0 Å². The number of nitrogens with zero attached hydrogens (tertiary/aromatic N) is 4. The van der Waals surface area contributed by atoms with Crippen molar-refractivity contribution in [3.8, 4) is 22.8 Å². The van der Waals surface area contributed by atoms with Gasteiger partial charge in [0.2, 0.25) is 0 Å². The minimum absolute atomic E-state index is 0.00717. The second kappa shape index (κ2) is 20.7. The third-order valence-corrected chi connectivity index (χ3v) is 10.2. The molecule has 0 aliphatic carbocycles. The molecule has 2 aromatic carbocycles. The molecule has 4 heterocycles. The summed E-state index contributed by atoms with van der Waals surface area (Å²) in [5, 5.41) is 0. The van der Waals surface area contributed by atoms with Crippen LogP contribution >= 0.6 is 0 Å². The molecule has 11 nitrogen and oxygen atoms in total. The van der Waals surface area contributed by atoms with Gasteiger partial charge in [-0.05, 0) is 47.9 Å².